The number of rotatable bonds is 8. The number of amides is 1. The number of carbonyl (C=O) groups excluding carboxylic acids is 1. The molecule has 33 heavy (non-hydrogen) atoms. The molecule has 7 nitrogen and oxygen atoms in total. The van der Waals surface area contributed by atoms with Gasteiger partial charge in [-0.1, -0.05) is 30.3 Å². The van der Waals surface area contributed by atoms with Crippen molar-refractivity contribution in [1.29, 1.82) is 0 Å². The molecule has 1 fully saturated rings. The number of nitrogens with one attached hydrogen (secondary N) is 2. The van der Waals surface area contributed by atoms with Crippen LogP contribution in [0.5, 0.6) is 0 Å². The Labute approximate surface area is 198 Å². The monoisotopic (exact) mass is 467 g/mol. The predicted molar refractivity (Wildman–Crippen MR) is 134 cm³/mol. The summed E-state index contributed by atoms with van der Waals surface area (Å²) in [6, 6.07) is 11.1. The van der Waals surface area contributed by atoms with Crippen molar-refractivity contribution in [1.82, 2.24) is 25.1 Å². The van der Waals surface area contributed by atoms with Crippen molar-refractivity contribution in [3.63, 3.8) is 0 Å². The van der Waals surface area contributed by atoms with Crippen LogP contribution in [0.15, 0.2) is 35.1 Å². The first kappa shape index (κ1) is 23.6. The number of likely N-dealkylation sites (N-methyl/N-ethyl adjacent to an activating group) is 1. The van der Waals surface area contributed by atoms with Crippen LogP contribution in [0.25, 0.3) is 10.2 Å². The Morgan fingerprint density at radius 2 is 2.03 bits per heavy atom. The van der Waals surface area contributed by atoms with Crippen LogP contribution in [0.1, 0.15) is 40.7 Å². The zero-order chi connectivity index (χ0) is 23.4. The van der Waals surface area contributed by atoms with Gasteiger partial charge in [0.15, 0.2) is 0 Å². The van der Waals surface area contributed by atoms with Crippen LogP contribution < -0.4 is 10.9 Å². The summed E-state index contributed by atoms with van der Waals surface area (Å²) in [7, 11) is 2.17. The van der Waals surface area contributed by atoms with Crippen molar-refractivity contribution >= 4 is 27.5 Å². The van der Waals surface area contributed by atoms with Crippen molar-refractivity contribution < 1.29 is 4.79 Å². The Bertz CT molecular complexity index is 1160. The third-order valence-corrected chi connectivity index (χ3v) is 7.60. The molecule has 2 aromatic heterocycles. The summed E-state index contributed by atoms with van der Waals surface area (Å²) < 4.78 is 0. The van der Waals surface area contributed by atoms with Gasteiger partial charge in [-0.2, -0.15) is 0 Å². The van der Waals surface area contributed by atoms with E-state index >= 15 is 0 Å². The number of carbonyl (C=O) groups is 1. The molecule has 1 saturated heterocycles. The fourth-order valence-corrected chi connectivity index (χ4v) is 5.51. The first-order valence-electron chi connectivity index (χ1n) is 11.7. The number of hydrogen-bond acceptors (Lipinski definition) is 6. The van der Waals surface area contributed by atoms with Crippen LogP contribution in [0.2, 0.25) is 0 Å². The zero-order valence-corrected chi connectivity index (χ0v) is 20.5. The molecule has 0 bridgehead atoms. The Morgan fingerprint density at radius 1 is 1.24 bits per heavy atom. The summed E-state index contributed by atoms with van der Waals surface area (Å²) in [5.74, 6) is 0.571. The van der Waals surface area contributed by atoms with Crippen LogP contribution >= 0.6 is 11.3 Å². The molecule has 1 aliphatic heterocycles. The van der Waals surface area contributed by atoms with Crippen molar-refractivity contribution in [2.24, 2.45) is 0 Å². The van der Waals surface area contributed by atoms with E-state index in [1.807, 2.05) is 13.8 Å². The topological polar surface area (TPSA) is 81.3 Å². The average Bonchev–Trinajstić information content (AvgIpc) is 3.10. The second kappa shape index (κ2) is 10.6. The molecule has 176 valence electrons. The smallest absolute Gasteiger partial charge is 0.259 e. The number of piperazine rings is 1. The minimum atomic E-state index is -0.114. The first-order valence-corrected chi connectivity index (χ1v) is 12.5. The second-order valence-corrected chi connectivity index (χ2v) is 10.1. The lowest BCUT2D eigenvalue weighted by Crippen LogP contribution is -2.47. The van der Waals surface area contributed by atoms with Gasteiger partial charge in [0, 0.05) is 56.5 Å². The first-order chi connectivity index (χ1) is 15.9. The fraction of sp³-hybridized carbons (Fsp3) is 0.480. The van der Waals surface area contributed by atoms with Gasteiger partial charge in [-0.05, 0) is 38.4 Å². The SMILES string of the molecule is Cc1sc2nc(CCC(=O)NCCCN3CCN(C)CC3c3ccccc3)[nH]c(=O)c2c1C. The van der Waals surface area contributed by atoms with E-state index in [4.69, 9.17) is 0 Å². The van der Waals surface area contributed by atoms with E-state index < -0.39 is 0 Å². The quantitative estimate of drug-likeness (QED) is 0.498. The molecule has 0 spiro atoms. The summed E-state index contributed by atoms with van der Waals surface area (Å²) in [5, 5.41) is 3.70. The highest BCUT2D eigenvalue weighted by atomic mass is 32.1. The highest BCUT2D eigenvalue weighted by Gasteiger charge is 2.25. The maximum Gasteiger partial charge on any atom is 0.259 e. The normalized spacial score (nSPS) is 17.5. The molecule has 0 radical (unpaired) electrons. The summed E-state index contributed by atoms with van der Waals surface area (Å²) in [4.78, 5) is 38.9. The lowest BCUT2D eigenvalue weighted by molar-refractivity contribution is -0.121. The van der Waals surface area contributed by atoms with E-state index in [-0.39, 0.29) is 11.5 Å². The molecule has 8 heteroatoms. The summed E-state index contributed by atoms with van der Waals surface area (Å²) >= 11 is 1.53. The van der Waals surface area contributed by atoms with Gasteiger partial charge in [0.25, 0.3) is 5.56 Å². The highest BCUT2D eigenvalue weighted by Crippen LogP contribution is 2.26. The molecule has 1 aromatic carbocycles. The van der Waals surface area contributed by atoms with Crippen LogP contribution in [-0.2, 0) is 11.2 Å². The molecular formula is C25H33N5O2S. The summed E-state index contributed by atoms with van der Waals surface area (Å²) in [6.07, 6.45) is 1.66. The largest absolute Gasteiger partial charge is 0.356 e. The molecule has 1 atom stereocenters. The van der Waals surface area contributed by atoms with E-state index in [0.29, 0.717) is 36.6 Å². The molecule has 1 unspecified atom stereocenters. The molecule has 3 heterocycles. The van der Waals surface area contributed by atoms with Gasteiger partial charge >= 0.3 is 0 Å². The van der Waals surface area contributed by atoms with Crippen LogP contribution in [-0.4, -0.2) is 65.4 Å². The van der Waals surface area contributed by atoms with Gasteiger partial charge in [-0.15, -0.1) is 11.3 Å². The van der Waals surface area contributed by atoms with Crippen molar-refractivity contribution in [2.75, 3.05) is 39.8 Å². The van der Waals surface area contributed by atoms with Crippen LogP contribution in [0.3, 0.4) is 0 Å². The number of benzene rings is 1. The zero-order valence-electron chi connectivity index (χ0n) is 19.7. The lowest BCUT2D eigenvalue weighted by atomic mass is 10.0. The van der Waals surface area contributed by atoms with Crippen molar-refractivity contribution in [3.8, 4) is 0 Å². The molecule has 0 aliphatic carbocycles. The Balaban J connectivity index is 1.24. The van der Waals surface area contributed by atoms with Crippen molar-refractivity contribution in [3.05, 3.63) is 62.5 Å². The number of H-pyrrole nitrogens is 1. The van der Waals surface area contributed by atoms with Crippen LogP contribution in [0.4, 0.5) is 0 Å². The maximum atomic E-state index is 12.4. The highest BCUT2D eigenvalue weighted by molar-refractivity contribution is 7.18. The van der Waals surface area contributed by atoms with Crippen LogP contribution in [0, 0.1) is 13.8 Å². The van der Waals surface area contributed by atoms with Gasteiger partial charge in [0.2, 0.25) is 5.91 Å². The molecular weight excluding hydrogens is 434 g/mol. The Hall–Kier alpha value is -2.55. The molecule has 2 N–H and O–H groups in total. The number of aromatic amines is 1. The minimum Gasteiger partial charge on any atom is -0.356 e. The summed E-state index contributed by atoms with van der Waals surface area (Å²) in [5.41, 5.74) is 2.22. The number of nitrogens with zero attached hydrogens (tertiary/aromatic N) is 3. The number of thiophene rings is 1. The van der Waals surface area contributed by atoms with E-state index in [2.05, 4.69) is 62.5 Å². The number of fused-ring (bicyclic) bond motifs is 1. The molecule has 1 amide bonds. The Morgan fingerprint density at radius 3 is 2.82 bits per heavy atom. The molecule has 0 saturated carbocycles. The molecule has 3 aromatic rings. The second-order valence-electron chi connectivity index (χ2n) is 8.90. The lowest BCUT2D eigenvalue weighted by Gasteiger charge is -2.40. The predicted octanol–water partition coefficient (Wildman–Crippen LogP) is 3.03. The van der Waals surface area contributed by atoms with Gasteiger partial charge in [-0.3, -0.25) is 14.5 Å². The Kier molecular flexibility index (Phi) is 7.57. The standard InChI is InChI=1S/C25H33N5O2S/c1-17-18(2)33-25-23(17)24(32)27-21(28-25)10-11-22(31)26-12-7-13-30-15-14-29(3)16-20(30)19-8-5-4-6-9-19/h4-6,8-9,20H,7,10-16H2,1-3H3,(H,26,31)(H,27,28,32). The van der Waals surface area contributed by atoms with Gasteiger partial charge < -0.3 is 15.2 Å². The van der Waals surface area contributed by atoms with Gasteiger partial charge in [-0.25, -0.2) is 4.98 Å². The third-order valence-electron chi connectivity index (χ3n) is 6.50. The van der Waals surface area contributed by atoms with E-state index in [1.165, 1.54) is 16.9 Å². The average molecular weight is 468 g/mol. The molecule has 4 rings (SSSR count). The maximum absolute atomic E-state index is 12.4. The summed E-state index contributed by atoms with van der Waals surface area (Å²) in [6.45, 7) is 8.67. The van der Waals surface area contributed by atoms with Crippen molar-refractivity contribution in [2.45, 2.75) is 39.2 Å². The van der Waals surface area contributed by atoms with E-state index in [9.17, 15) is 9.59 Å². The third kappa shape index (κ3) is 5.69. The minimum absolute atomic E-state index is 0.00530. The fourth-order valence-electron chi connectivity index (χ4n) is 4.46. The van der Waals surface area contributed by atoms with E-state index in [0.717, 1.165) is 47.9 Å². The molecule has 1 aliphatic rings. The number of hydrogen-bond donors (Lipinski definition) is 2. The number of aromatic nitrogens is 2. The van der Waals surface area contributed by atoms with E-state index in [1.54, 1.807) is 0 Å². The number of aryl methyl sites for hydroxylation is 3. The van der Waals surface area contributed by atoms with Gasteiger partial charge in [0.1, 0.15) is 10.7 Å². The van der Waals surface area contributed by atoms with Gasteiger partial charge in [0.05, 0.1) is 5.39 Å².